The maximum Gasteiger partial charge on any atom is 0.0849 e. The first-order valence-corrected chi connectivity index (χ1v) is 8.11. The summed E-state index contributed by atoms with van der Waals surface area (Å²) >= 11 is 6.46. The fraction of sp³-hybridized carbons (Fsp3) is 0.812. The number of halogens is 1. The summed E-state index contributed by atoms with van der Waals surface area (Å²) in [6.07, 6.45) is 4.31. The third-order valence-electron chi connectivity index (χ3n) is 3.60. The molecule has 4 heteroatoms. The topological polar surface area (TPSA) is 29.9 Å². The fourth-order valence-corrected chi connectivity index (χ4v) is 2.82. The van der Waals surface area contributed by atoms with Crippen LogP contribution in [0.2, 0.25) is 5.02 Å². The lowest BCUT2D eigenvalue weighted by Gasteiger charge is -2.25. The van der Waals surface area contributed by atoms with Gasteiger partial charge in [0.1, 0.15) is 0 Å². The monoisotopic (exact) mass is 299 g/mol. The molecular weight excluding hydrogens is 270 g/mol. The highest BCUT2D eigenvalue weighted by molar-refractivity contribution is 6.31. The van der Waals surface area contributed by atoms with Gasteiger partial charge < -0.3 is 5.32 Å². The van der Waals surface area contributed by atoms with Crippen molar-refractivity contribution in [1.82, 2.24) is 15.1 Å². The van der Waals surface area contributed by atoms with Crippen LogP contribution < -0.4 is 5.32 Å². The maximum absolute atomic E-state index is 6.46. The predicted octanol–water partition coefficient (Wildman–Crippen LogP) is 3.98. The number of hydrogen-bond acceptors (Lipinski definition) is 2. The maximum atomic E-state index is 6.46. The van der Waals surface area contributed by atoms with Crippen LogP contribution in [0.25, 0.3) is 0 Å². The summed E-state index contributed by atoms with van der Waals surface area (Å²) in [4.78, 5) is 0. The van der Waals surface area contributed by atoms with Gasteiger partial charge in [0.05, 0.1) is 16.4 Å². The van der Waals surface area contributed by atoms with Crippen LogP contribution in [0.1, 0.15) is 58.8 Å². The minimum atomic E-state index is 0.164. The van der Waals surface area contributed by atoms with E-state index in [2.05, 4.69) is 45.0 Å². The Kier molecular flexibility index (Phi) is 6.53. The van der Waals surface area contributed by atoms with Gasteiger partial charge in [-0.05, 0) is 52.5 Å². The van der Waals surface area contributed by atoms with Gasteiger partial charge in [0.15, 0.2) is 0 Å². The van der Waals surface area contributed by atoms with Gasteiger partial charge in [0.25, 0.3) is 0 Å². The van der Waals surface area contributed by atoms with Crippen molar-refractivity contribution in [3.8, 4) is 0 Å². The van der Waals surface area contributed by atoms with E-state index >= 15 is 0 Å². The zero-order valence-corrected chi connectivity index (χ0v) is 14.6. The lowest BCUT2D eigenvalue weighted by molar-refractivity contribution is 0.351. The highest BCUT2D eigenvalue weighted by atomic mass is 35.5. The summed E-state index contributed by atoms with van der Waals surface area (Å²) in [5.41, 5.74) is 2.36. The van der Waals surface area contributed by atoms with E-state index in [4.69, 9.17) is 11.6 Å². The minimum Gasteiger partial charge on any atom is -0.312 e. The van der Waals surface area contributed by atoms with Crippen molar-refractivity contribution < 1.29 is 0 Å². The standard InChI is InChI=1S/C16H30ClN3/c1-7-9-12(11-18-16(3,4)5)10-14-15(17)13(8-2)19-20(14)6/h12,18H,7-11H2,1-6H3. The molecular formula is C16H30ClN3. The Hall–Kier alpha value is -0.540. The van der Waals surface area contributed by atoms with Gasteiger partial charge in [0.2, 0.25) is 0 Å². The van der Waals surface area contributed by atoms with Gasteiger partial charge in [-0.1, -0.05) is 31.9 Å². The van der Waals surface area contributed by atoms with E-state index in [1.54, 1.807) is 0 Å². The molecule has 1 unspecified atom stereocenters. The Morgan fingerprint density at radius 2 is 1.95 bits per heavy atom. The molecule has 0 amide bonds. The molecule has 3 nitrogen and oxygen atoms in total. The first kappa shape index (κ1) is 17.5. The smallest absolute Gasteiger partial charge is 0.0849 e. The lowest BCUT2D eigenvalue weighted by atomic mass is 9.96. The highest BCUT2D eigenvalue weighted by Gasteiger charge is 2.19. The molecule has 1 aromatic rings. The first-order valence-electron chi connectivity index (χ1n) is 7.73. The van der Waals surface area contributed by atoms with E-state index in [-0.39, 0.29) is 5.54 Å². The molecule has 1 N–H and O–H groups in total. The van der Waals surface area contributed by atoms with Crippen LogP contribution in [-0.2, 0) is 19.9 Å². The SMILES string of the molecule is CCCC(CNC(C)(C)C)Cc1c(Cl)c(CC)nn1C. The van der Waals surface area contributed by atoms with Crippen molar-refractivity contribution in [2.24, 2.45) is 13.0 Å². The molecule has 1 rings (SSSR count). The van der Waals surface area contributed by atoms with Gasteiger partial charge in [-0.2, -0.15) is 5.10 Å². The summed E-state index contributed by atoms with van der Waals surface area (Å²) < 4.78 is 1.96. The summed E-state index contributed by atoms with van der Waals surface area (Å²) in [6, 6.07) is 0. The average Bonchev–Trinajstić information content (AvgIpc) is 2.62. The quantitative estimate of drug-likeness (QED) is 0.825. The molecule has 0 fully saturated rings. The molecule has 0 aliphatic carbocycles. The lowest BCUT2D eigenvalue weighted by Crippen LogP contribution is -2.39. The second-order valence-corrected chi connectivity index (χ2v) is 7.05. The molecule has 1 heterocycles. The molecule has 20 heavy (non-hydrogen) atoms. The van der Waals surface area contributed by atoms with Crippen LogP contribution in [-0.4, -0.2) is 21.9 Å². The summed E-state index contributed by atoms with van der Waals surface area (Å²) in [5.74, 6) is 0.608. The van der Waals surface area contributed by atoms with E-state index in [0.29, 0.717) is 5.92 Å². The zero-order valence-electron chi connectivity index (χ0n) is 13.9. The molecule has 0 aliphatic rings. The van der Waals surface area contributed by atoms with Gasteiger partial charge in [0, 0.05) is 12.6 Å². The molecule has 0 saturated carbocycles. The van der Waals surface area contributed by atoms with Gasteiger partial charge in [-0.25, -0.2) is 0 Å². The van der Waals surface area contributed by atoms with Gasteiger partial charge in [-0.15, -0.1) is 0 Å². The third kappa shape index (κ3) is 5.10. The highest BCUT2D eigenvalue weighted by Crippen LogP contribution is 2.25. The molecule has 0 radical (unpaired) electrons. The van der Waals surface area contributed by atoms with Crippen LogP contribution in [0.3, 0.4) is 0 Å². The molecule has 1 aromatic heterocycles. The number of aromatic nitrogens is 2. The summed E-state index contributed by atoms with van der Waals surface area (Å²) in [6.45, 7) is 12.0. The molecule has 116 valence electrons. The van der Waals surface area contributed by atoms with Crippen LogP contribution in [0.15, 0.2) is 0 Å². The number of nitrogens with zero attached hydrogens (tertiary/aromatic N) is 2. The largest absolute Gasteiger partial charge is 0.312 e. The average molecular weight is 300 g/mol. The van der Waals surface area contributed by atoms with Crippen molar-refractivity contribution in [3.05, 3.63) is 16.4 Å². The molecule has 1 atom stereocenters. The van der Waals surface area contributed by atoms with Crippen LogP contribution >= 0.6 is 11.6 Å². The first-order chi connectivity index (χ1) is 9.28. The van der Waals surface area contributed by atoms with Crippen LogP contribution in [0.4, 0.5) is 0 Å². The van der Waals surface area contributed by atoms with Crippen molar-refractivity contribution in [2.45, 2.75) is 65.8 Å². The number of nitrogens with one attached hydrogen (secondary N) is 1. The summed E-state index contributed by atoms with van der Waals surface area (Å²) in [5, 5.41) is 9.00. The van der Waals surface area contributed by atoms with Crippen molar-refractivity contribution in [3.63, 3.8) is 0 Å². The van der Waals surface area contributed by atoms with Crippen LogP contribution in [0, 0.1) is 5.92 Å². The van der Waals surface area contributed by atoms with Gasteiger partial charge in [-0.3, -0.25) is 4.68 Å². The third-order valence-corrected chi connectivity index (χ3v) is 4.04. The Labute approximate surface area is 129 Å². The van der Waals surface area contributed by atoms with E-state index < -0.39 is 0 Å². The summed E-state index contributed by atoms with van der Waals surface area (Å²) in [7, 11) is 2.00. The molecule has 0 aliphatic heterocycles. The fourth-order valence-electron chi connectivity index (χ4n) is 2.45. The van der Waals surface area contributed by atoms with Gasteiger partial charge >= 0.3 is 0 Å². The Morgan fingerprint density at radius 1 is 1.30 bits per heavy atom. The minimum absolute atomic E-state index is 0.164. The second-order valence-electron chi connectivity index (χ2n) is 6.67. The molecule has 0 spiro atoms. The van der Waals surface area contributed by atoms with E-state index in [1.165, 1.54) is 18.5 Å². The number of rotatable bonds is 7. The normalized spacial score (nSPS) is 13.8. The second kappa shape index (κ2) is 7.46. The van der Waals surface area contributed by atoms with E-state index in [1.807, 2.05) is 11.7 Å². The molecule has 0 bridgehead atoms. The van der Waals surface area contributed by atoms with Crippen molar-refractivity contribution in [2.75, 3.05) is 6.54 Å². The zero-order chi connectivity index (χ0) is 15.3. The van der Waals surface area contributed by atoms with Crippen molar-refractivity contribution >= 4 is 11.6 Å². The predicted molar refractivity (Wildman–Crippen MR) is 87.5 cm³/mol. The Bertz CT molecular complexity index is 418. The van der Waals surface area contributed by atoms with E-state index in [9.17, 15) is 0 Å². The van der Waals surface area contributed by atoms with Crippen molar-refractivity contribution in [1.29, 1.82) is 0 Å². The molecule has 0 saturated heterocycles. The molecule has 0 aromatic carbocycles. The van der Waals surface area contributed by atoms with E-state index in [0.717, 1.165) is 30.1 Å². The number of aryl methyl sites for hydroxylation is 2. The Balaban J connectivity index is 2.77. The Morgan fingerprint density at radius 3 is 2.40 bits per heavy atom. The number of hydrogen-bond donors (Lipinski definition) is 1. The van der Waals surface area contributed by atoms with Crippen LogP contribution in [0.5, 0.6) is 0 Å².